The van der Waals surface area contributed by atoms with Crippen molar-refractivity contribution in [3.05, 3.63) is 65.5 Å². The highest BCUT2D eigenvalue weighted by molar-refractivity contribution is 6.30. The SMILES string of the molecule is Clc1ccc(-c2noc(CN3CC[C@@H](Nc4ccccc4)C3)n2)cc1. The highest BCUT2D eigenvalue weighted by Gasteiger charge is 2.24. The van der Waals surface area contributed by atoms with E-state index in [1.165, 1.54) is 0 Å². The van der Waals surface area contributed by atoms with Crippen LogP contribution in [0.25, 0.3) is 11.4 Å². The Morgan fingerprint density at radius 2 is 1.92 bits per heavy atom. The molecule has 2 aromatic carbocycles. The Labute approximate surface area is 151 Å². The summed E-state index contributed by atoms with van der Waals surface area (Å²) in [6.07, 6.45) is 1.10. The summed E-state index contributed by atoms with van der Waals surface area (Å²) in [5.74, 6) is 1.25. The summed E-state index contributed by atoms with van der Waals surface area (Å²) in [5, 5.41) is 8.34. The highest BCUT2D eigenvalue weighted by atomic mass is 35.5. The van der Waals surface area contributed by atoms with Crippen LogP contribution >= 0.6 is 11.6 Å². The number of halogens is 1. The van der Waals surface area contributed by atoms with Crippen molar-refractivity contribution in [2.24, 2.45) is 0 Å². The Morgan fingerprint density at radius 1 is 1.12 bits per heavy atom. The lowest BCUT2D eigenvalue weighted by Gasteiger charge is -2.15. The number of para-hydroxylation sites is 1. The van der Waals surface area contributed by atoms with Crippen LogP contribution < -0.4 is 5.32 Å². The monoisotopic (exact) mass is 354 g/mol. The van der Waals surface area contributed by atoms with Gasteiger partial charge in [0.2, 0.25) is 11.7 Å². The van der Waals surface area contributed by atoms with E-state index in [4.69, 9.17) is 16.1 Å². The van der Waals surface area contributed by atoms with Gasteiger partial charge >= 0.3 is 0 Å². The predicted molar refractivity (Wildman–Crippen MR) is 98.5 cm³/mol. The van der Waals surface area contributed by atoms with Gasteiger partial charge in [0.25, 0.3) is 0 Å². The number of hydrogen-bond acceptors (Lipinski definition) is 5. The maximum absolute atomic E-state index is 5.91. The van der Waals surface area contributed by atoms with Crippen LogP contribution in [-0.2, 0) is 6.54 Å². The fourth-order valence-corrected chi connectivity index (χ4v) is 3.22. The molecule has 0 spiro atoms. The molecule has 1 saturated heterocycles. The summed E-state index contributed by atoms with van der Waals surface area (Å²) in [6, 6.07) is 18.2. The van der Waals surface area contributed by atoms with E-state index < -0.39 is 0 Å². The molecule has 0 aliphatic carbocycles. The molecule has 1 atom stereocenters. The van der Waals surface area contributed by atoms with Gasteiger partial charge in [-0.25, -0.2) is 0 Å². The van der Waals surface area contributed by atoms with Crippen molar-refractivity contribution < 1.29 is 4.52 Å². The molecule has 6 heteroatoms. The van der Waals surface area contributed by atoms with Crippen molar-refractivity contribution in [2.75, 3.05) is 18.4 Å². The number of likely N-dealkylation sites (tertiary alicyclic amines) is 1. The average molecular weight is 355 g/mol. The molecule has 128 valence electrons. The molecule has 25 heavy (non-hydrogen) atoms. The van der Waals surface area contributed by atoms with Crippen molar-refractivity contribution in [1.29, 1.82) is 0 Å². The molecule has 2 heterocycles. The molecular weight excluding hydrogens is 336 g/mol. The molecule has 3 aromatic rings. The van der Waals surface area contributed by atoms with E-state index in [-0.39, 0.29) is 0 Å². The van der Waals surface area contributed by atoms with Gasteiger partial charge in [0.15, 0.2) is 0 Å². The van der Waals surface area contributed by atoms with Gasteiger partial charge in [0.1, 0.15) is 0 Å². The Hall–Kier alpha value is -2.37. The fourth-order valence-electron chi connectivity index (χ4n) is 3.09. The standard InChI is InChI=1S/C19H19ClN4O/c20-15-8-6-14(7-9-15)19-22-18(25-23-19)13-24-11-10-17(12-24)21-16-4-2-1-3-5-16/h1-9,17,21H,10-13H2/t17-/m1/s1. The summed E-state index contributed by atoms with van der Waals surface area (Å²) in [7, 11) is 0. The zero-order valence-corrected chi connectivity index (χ0v) is 14.5. The summed E-state index contributed by atoms with van der Waals surface area (Å²) in [5.41, 5.74) is 2.07. The van der Waals surface area contributed by atoms with Gasteiger partial charge in [-0.1, -0.05) is 35.0 Å². The van der Waals surface area contributed by atoms with Gasteiger partial charge in [-0.15, -0.1) is 0 Å². The first kappa shape index (κ1) is 16.1. The van der Waals surface area contributed by atoms with E-state index in [0.29, 0.717) is 29.3 Å². The average Bonchev–Trinajstić information content (AvgIpc) is 3.27. The van der Waals surface area contributed by atoms with E-state index >= 15 is 0 Å². The molecule has 1 fully saturated rings. The Bertz CT molecular complexity index is 819. The van der Waals surface area contributed by atoms with E-state index in [1.807, 2.05) is 42.5 Å². The Kier molecular flexibility index (Phi) is 4.68. The number of rotatable bonds is 5. The zero-order chi connectivity index (χ0) is 17.1. The second-order valence-corrected chi connectivity index (χ2v) is 6.69. The summed E-state index contributed by atoms with van der Waals surface area (Å²) in [4.78, 5) is 6.83. The highest BCUT2D eigenvalue weighted by Crippen LogP contribution is 2.21. The maximum atomic E-state index is 5.91. The quantitative estimate of drug-likeness (QED) is 0.748. The van der Waals surface area contributed by atoms with Gasteiger partial charge < -0.3 is 9.84 Å². The van der Waals surface area contributed by atoms with Crippen LogP contribution in [0, 0.1) is 0 Å². The second kappa shape index (κ2) is 7.25. The van der Waals surface area contributed by atoms with Gasteiger partial charge in [-0.05, 0) is 42.8 Å². The molecule has 5 nitrogen and oxygen atoms in total. The minimum absolute atomic E-state index is 0.445. The van der Waals surface area contributed by atoms with Crippen LogP contribution in [0.5, 0.6) is 0 Å². The minimum atomic E-state index is 0.445. The molecule has 0 radical (unpaired) electrons. The Balaban J connectivity index is 1.35. The second-order valence-electron chi connectivity index (χ2n) is 6.25. The predicted octanol–water partition coefficient (Wildman–Crippen LogP) is 4.08. The molecule has 4 rings (SSSR count). The third kappa shape index (κ3) is 4.00. The van der Waals surface area contributed by atoms with Gasteiger partial charge in [0, 0.05) is 35.4 Å². The summed E-state index contributed by atoms with van der Waals surface area (Å²) < 4.78 is 5.41. The molecular formula is C19H19ClN4O. The largest absolute Gasteiger partial charge is 0.381 e. The van der Waals surface area contributed by atoms with Crippen molar-refractivity contribution in [3.63, 3.8) is 0 Å². The molecule has 1 N–H and O–H groups in total. The fraction of sp³-hybridized carbons (Fsp3) is 0.263. The number of nitrogens with zero attached hydrogens (tertiary/aromatic N) is 3. The van der Waals surface area contributed by atoms with Gasteiger partial charge in [-0.2, -0.15) is 4.98 Å². The maximum Gasteiger partial charge on any atom is 0.241 e. The molecule has 0 amide bonds. The van der Waals surface area contributed by atoms with Gasteiger partial charge in [0.05, 0.1) is 6.54 Å². The number of nitrogens with one attached hydrogen (secondary N) is 1. The first-order valence-corrected chi connectivity index (χ1v) is 8.76. The van der Waals surface area contributed by atoms with E-state index in [0.717, 1.165) is 30.8 Å². The third-order valence-corrected chi connectivity index (χ3v) is 4.60. The van der Waals surface area contributed by atoms with Crippen molar-refractivity contribution in [3.8, 4) is 11.4 Å². The first-order valence-electron chi connectivity index (χ1n) is 8.39. The van der Waals surface area contributed by atoms with Crippen molar-refractivity contribution in [1.82, 2.24) is 15.0 Å². The minimum Gasteiger partial charge on any atom is -0.381 e. The summed E-state index contributed by atoms with van der Waals surface area (Å²) >= 11 is 5.91. The third-order valence-electron chi connectivity index (χ3n) is 4.35. The van der Waals surface area contributed by atoms with Crippen LogP contribution in [0.15, 0.2) is 59.1 Å². The first-order chi connectivity index (χ1) is 12.3. The lowest BCUT2D eigenvalue weighted by Crippen LogP contribution is -2.26. The topological polar surface area (TPSA) is 54.2 Å². The van der Waals surface area contributed by atoms with Gasteiger partial charge in [-0.3, -0.25) is 4.90 Å². The molecule has 1 aliphatic heterocycles. The molecule has 0 saturated carbocycles. The number of benzene rings is 2. The molecule has 0 unspecified atom stereocenters. The van der Waals surface area contributed by atoms with Crippen molar-refractivity contribution >= 4 is 17.3 Å². The van der Waals surface area contributed by atoms with Crippen LogP contribution in [0.1, 0.15) is 12.3 Å². The number of hydrogen-bond donors (Lipinski definition) is 1. The smallest absolute Gasteiger partial charge is 0.241 e. The van der Waals surface area contributed by atoms with Crippen LogP contribution in [0.4, 0.5) is 5.69 Å². The van der Waals surface area contributed by atoms with Crippen LogP contribution in [0.2, 0.25) is 5.02 Å². The lowest BCUT2D eigenvalue weighted by atomic mass is 10.2. The molecule has 1 aromatic heterocycles. The van der Waals surface area contributed by atoms with E-state index in [9.17, 15) is 0 Å². The lowest BCUT2D eigenvalue weighted by molar-refractivity contribution is 0.266. The number of anilines is 1. The zero-order valence-electron chi connectivity index (χ0n) is 13.7. The van der Waals surface area contributed by atoms with Crippen LogP contribution in [-0.4, -0.2) is 34.2 Å². The normalized spacial score (nSPS) is 17.7. The number of aromatic nitrogens is 2. The van der Waals surface area contributed by atoms with E-state index in [1.54, 1.807) is 0 Å². The summed E-state index contributed by atoms with van der Waals surface area (Å²) in [6.45, 7) is 2.66. The molecule has 0 bridgehead atoms. The van der Waals surface area contributed by atoms with Crippen molar-refractivity contribution in [2.45, 2.75) is 19.0 Å². The molecule has 1 aliphatic rings. The Morgan fingerprint density at radius 3 is 2.72 bits per heavy atom. The van der Waals surface area contributed by atoms with E-state index in [2.05, 4.69) is 32.5 Å². The van der Waals surface area contributed by atoms with Crippen LogP contribution in [0.3, 0.4) is 0 Å².